The van der Waals surface area contributed by atoms with E-state index in [1.165, 1.54) is 38.5 Å². The summed E-state index contributed by atoms with van der Waals surface area (Å²) in [5.41, 5.74) is 1.37. The Labute approximate surface area is 145 Å². The van der Waals surface area contributed by atoms with Gasteiger partial charge in [-0.25, -0.2) is 0 Å². The van der Waals surface area contributed by atoms with Crippen LogP contribution in [0.3, 0.4) is 0 Å². The molecule has 25 heavy (non-hydrogen) atoms. The van der Waals surface area contributed by atoms with E-state index in [2.05, 4.69) is 0 Å². The van der Waals surface area contributed by atoms with Gasteiger partial charge in [0.05, 0.1) is 19.8 Å². The van der Waals surface area contributed by atoms with Crippen molar-refractivity contribution < 1.29 is 29.6 Å². The fraction of sp³-hybridized carbons (Fsp3) is 0.211. The predicted molar refractivity (Wildman–Crippen MR) is 93.5 cm³/mol. The highest BCUT2D eigenvalue weighted by molar-refractivity contribution is 6.08. The monoisotopic (exact) mass is 344 g/mol. The van der Waals surface area contributed by atoms with Gasteiger partial charge in [0.15, 0.2) is 17.3 Å². The number of hydrogen-bond acceptors (Lipinski definition) is 6. The van der Waals surface area contributed by atoms with Gasteiger partial charge < -0.3 is 24.8 Å². The fourth-order valence-electron chi connectivity index (χ4n) is 2.49. The summed E-state index contributed by atoms with van der Waals surface area (Å²) in [6.07, 6.45) is 3.13. The largest absolute Gasteiger partial charge is 0.507 e. The molecule has 0 bridgehead atoms. The van der Waals surface area contributed by atoms with Gasteiger partial charge in [0.25, 0.3) is 0 Å². The Morgan fingerprint density at radius 1 is 1.08 bits per heavy atom. The molecule has 0 fully saturated rings. The smallest absolute Gasteiger partial charge is 0.189 e. The molecule has 2 aromatic carbocycles. The Morgan fingerprint density at radius 2 is 1.84 bits per heavy atom. The molecule has 0 saturated carbocycles. The van der Waals surface area contributed by atoms with E-state index in [0.29, 0.717) is 16.9 Å². The van der Waals surface area contributed by atoms with Crippen molar-refractivity contribution in [2.45, 2.75) is 6.42 Å². The van der Waals surface area contributed by atoms with E-state index in [9.17, 15) is 20.1 Å². The summed E-state index contributed by atoms with van der Waals surface area (Å²) in [6.45, 7) is -0.131. The van der Waals surface area contributed by atoms with Crippen molar-refractivity contribution in [3.05, 3.63) is 53.1 Å². The molecule has 0 aromatic heterocycles. The number of aliphatic hydroxyl groups excluding tert-OH is 1. The zero-order valence-electron chi connectivity index (χ0n) is 14.0. The Kier molecular flexibility index (Phi) is 6.03. The molecule has 0 spiro atoms. The standard InChI is InChI=1S/C19H20O6/c1-24-13-5-6-15(18(23)11-13)16(21)7-3-12-4-8-17(22)19(25-2)14(12)9-10-20/h3-8,11,20,22-23H,9-10H2,1-2H3. The minimum absolute atomic E-state index is 0.0396. The first kappa shape index (κ1) is 18.4. The van der Waals surface area contributed by atoms with Crippen LogP contribution in [0, 0.1) is 0 Å². The number of phenols is 2. The van der Waals surface area contributed by atoms with Gasteiger partial charge in [0.2, 0.25) is 0 Å². The first-order valence-electron chi connectivity index (χ1n) is 7.61. The minimum atomic E-state index is -0.387. The topological polar surface area (TPSA) is 96.2 Å². The van der Waals surface area contributed by atoms with Gasteiger partial charge in [-0.05, 0) is 36.3 Å². The van der Waals surface area contributed by atoms with Crippen LogP contribution in [0.25, 0.3) is 6.08 Å². The number of phenolic OH excluding ortho intramolecular Hbond substituents is 2. The van der Waals surface area contributed by atoms with Crippen molar-refractivity contribution in [2.24, 2.45) is 0 Å². The first-order valence-corrected chi connectivity index (χ1v) is 7.61. The number of ether oxygens (including phenoxy) is 2. The second-order valence-electron chi connectivity index (χ2n) is 5.24. The van der Waals surface area contributed by atoms with Crippen LogP contribution in [0.2, 0.25) is 0 Å². The maximum Gasteiger partial charge on any atom is 0.189 e. The van der Waals surface area contributed by atoms with Crippen molar-refractivity contribution in [1.82, 2.24) is 0 Å². The van der Waals surface area contributed by atoms with Crippen molar-refractivity contribution in [2.75, 3.05) is 20.8 Å². The molecular weight excluding hydrogens is 324 g/mol. The van der Waals surface area contributed by atoms with Crippen LogP contribution < -0.4 is 9.47 Å². The SMILES string of the molecule is COc1ccc(C(=O)C=Cc2ccc(O)c(OC)c2CCO)c(O)c1. The molecule has 132 valence electrons. The van der Waals surface area contributed by atoms with Gasteiger partial charge in [0.1, 0.15) is 11.5 Å². The lowest BCUT2D eigenvalue weighted by atomic mass is 10.0. The molecule has 0 aliphatic rings. The lowest BCUT2D eigenvalue weighted by molar-refractivity contribution is 0.104. The molecule has 0 amide bonds. The molecule has 0 aliphatic heterocycles. The summed E-state index contributed by atoms with van der Waals surface area (Å²) in [7, 11) is 2.89. The molecule has 2 aromatic rings. The third-order valence-electron chi connectivity index (χ3n) is 3.73. The fourth-order valence-corrected chi connectivity index (χ4v) is 2.49. The van der Waals surface area contributed by atoms with Crippen molar-refractivity contribution in [3.8, 4) is 23.0 Å². The summed E-state index contributed by atoms with van der Waals surface area (Å²) >= 11 is 0. The van der Waals surface area contributed by atoms with Gasteiger partial charge in [-0.2, -0.15) is 0 Å². The van der Waals surface area contributed by atoms with Gasteiger partial charge in [-0.3, -0.25) is 4.79 Å². The van der Waals surface area contributed by atoms with Crippen LogP contribution in [-0.4, -0.2) is 41.9 Å². The van der Waals surface area contributed by atoms with Crippen LogP contribution in [-0.2, 0) is 6.42 Å². The van der Waals surface area contributed by atoms with Crippen molar-refractivity contribution in [1.29, 1.82) is 0 Å². The lowest BCUT2D eigenvalue weighted by Gasteiger charge is -2.12. The van der Waals surface area contributed by atoms with Gasteiger partial charge in [0, 0.05) is 18.2 Å². The van der Waals surface area contributed by atoms with E-state index < -0.39 is 0 Å². The van der Waals surface area contributed by atoms with E-state index in [1.54, 1.807) is 18.2 Å². The summed E-state index contributed by atoms with van der Waals surface area (Å²) in [5.74, 6) is 0.111. The molecule has 6 heteroatoms. The first-order chi connectivity index (χ1) is 12.0. The quantitative estimate of drug-likeness (QED) is 0.528. The van der Waals surface area contributed by atoms with Crippen LogP contribution >= 0.6 is 0 Å². The molecule has 0 unspecified atom stereocenters. The number of aliphatic hydroxyl groups is 1. The van der Waals surface area contributed by atoms with E-state index in [4.69, 9.17) is 9.47 Å². The molecule has 2 rings (SSSR count). The maximum absolute atomic E-state index is 12.3. The van der Waals surface area contributed by atoms with E-state index in [0.717, 1.165) is 0 Å². The Morgan fingerprint density at radius 3 is 2.44 bits per heavy atom. The Balaban J connectivity index is 2.34. The highest BCUT2D eigenvalue weighted by Crippen LogP contribution is 2.33. The summed E-state index contributed by atoms with van der Waals surface area (Å²) in [5, 5.41) is 29.0. The molecule has 0 radical (unpaired) electrons. The zero-order chi connectivity index (χ0) is 18.4. The maximum atomic E-state index is 12.3. The molecule has 0 aliphatic carbocycles. The second kappa shape index (κ2) is 8.21. The highest BCUT2D eigenvalue weighted by atomic mass is 16.5. The third kappa shape index (κ3) is 4.10. The van der Waals surface area contributed by atoms with Crippen LogP contribution in [0.5, 0.6) is 23.0 Å². The van der Waals surface area contributed by atoms with Crippen LogP contribution in [0.1, 0.15) is 21.5 Å². The zero-order valence-corrected chi connectivity index (χ0v) is 14.0. The molecule has 0 heterocycles. The van der Waals surface area contributed by atoms with E-state index in [-0.39, 0.29) is 41.6 Å². The number of carbonyl (C=O) groups is 1. The summed E-state index contributed by atoms with van der Waals surface area (Å²) in [6, 6.07) is 7.51. The number of rotatable bonds is 7. The number of carbonyl (C=O) groups excluding carboxylic acids is 1. The van der Waals surface area contributed by atoms with E-state index in [1.807, 2.05) is 0 Å². The number of hydrogen-bond donors (Lipinski definition) is 3. The van der Waals surface area contributed by atoms with Crippen LogP contribution in [0.4, 0.5) is 0 Å². The van der Waals surface area contributed by atoms with E-state index >= 15 is 0 Å². The number of benzene rings is 2. The van der Waals surface area contributed by atoms with Gasteiger partial charge in [-0.1, -0.05) is 12.1 Å². The number of ketones is 1. The third-order valence-corrected chi connectivity index (χ3v) is 3.73. The average Bonchev–Trinajstić information content (AvgIpc) is 2.61. The molecule has 6 nitrogen and oxygen atoms in total. The van der Waals surface area contributed by atoms with Crippen molar-refractivity contribution >= 4 is 11.9 Å². The minimum Gasteiger partial charge on any atom is -0.507 e. The summed E-state index contributed by atoms with van der Waals surface area (Å²) < 4.78 is 10.2. The second-order valence-corrected chi connectivity index (χ2v) is 5.24. The van der Waals surface area contributed by atoms with Gasteiger partial charge >= 0.3 is 0 Å². The highest BCUT2D eigenvalue weighted by Gasteiger charge is 2.13. The van der Waals surface area contributed by atoms with Gasteiger partial charge in [-0.15, -0.1) is 0 Å². The molecule has 0 atom stereocenters. The normalized spacial score (nSPS) is 10.8. The lowest BCUT2D eigenvalue weighted by Crippen LogP contribution is -2.00. The molecular formula is C19H20O6. The number of aromatic hydroxyl groups is 2. The Hall–Kier alpha value is -2.99. The number of allylic oxidation sites excluding steroid dienone is 1. The predicted octanol–water partition coefficient (Wildman–Crippen LogP) is 2.55. The molecule has 0 saturated heterocycles. The van der Waals surface area contributed by atoms with Crippen molar-refractivity contribution in [3.63, 3.8) is 0 Å². The molecule has 3 N–H and O–H groups in total. The van der Waals surface area contributed by atoms with Crippen LogP contribution in [0.15, 0.2) is 36.4 Å². The Bertz CT molecular complexity index is 795. The average molecular weight is 344 g/mol. The number of methoxy groups -OCH3 is 2. The summed E-state index contributed by atoms with van der Waals surface area (Å²) in [4.78, 5) is 12.3.